The van der Waals surface area contributed by atoms with E-state index in [9.17, 15) is 4.79 Å². The first kappa shape index (κ1) is 21.9. The molecule has 0 radical (unpaired) electrons. The number of ether oxygens (including phenoxy) is 3. The van der Waals surface area contributed by atoms with Crippen LogP contribution in [0.3, 0.4) is 0 Å². The van der Waals surface area contributed by atoms with Gasteiger partial charge < -0.3 is 14.2 Å². The van der Waals surface area contributed by atoms with Crippen molar-refractivity contribution in [2.24, 2.45) is 0 Å². The quantitative estimate of drug-likeness (QED) is 0.243. The normalized spacial score (nSPS) is 14.9. The molecule has 0 saturated carbocycles. The largest absolute Gasteiger partial charge is 0.493 e. The third kappa shape index (κ3) is 5.43. The second-order valence-corrected chi connectivity index (χ2v) is 8.16. The molecule has 0 aromatic heterocycles. The number of likely N-dealkylation sites (N-methyl/N-ethyl adjacent to an activating group) is 1. The van der Waals surface area contributed by atoms with E-state index in [4.69, 9.17) is 26.4 Å². The number of thiocarbonyl (C=S) groups is 1. The highest BCUT2D eigenvalue weighted by molar-refractivity contribution is 8.26. The summed E-state index contributed by atoms with van der Waals surface area (Å²) < 4.78 is 17.5. The van der Waals surface area contributed by atoms with Crippen molar-refractivity contribution in [3.05, 3.63) is 71.2 Å². The topological polar surface area (TPSA) is 48.0 Å². The number of hydrogen-bond donors (Lipinski definition) is 0. The lowest BCUT2D eigenvalue weighted by molar-refractivity contribution is -0.121. The number of amides is 1. The molecule has 1 aliphatic rings. The number of hydrogen-bond acceptors (Lipinski definition) is 6. The Bertz CT molecular complexity index is 970. The molecule has 0 bridgehead atoms. The van der Waals surface area contributed by atoms with E-state index in [1.165, 1.54) is 16.7 Å². The molecule has 0 N–H and O–H groups in total. The first-order chi connectivity index (χ1) is 14.5. The molecule has 2 aromatic rings. The van der Waals surface area contributed by atoms with Crippen molar-refractivity contribution in [3.8, 4) is 17.2 Å². The maximum atomic E-state index is 12.1. The number of thioether (sulfide) groups is 1. The molecule has 156 valence electrons. The van der Waals surface area contributed by atoms with Gasteiger partial charge in [-0.05, 0) is 47.9 Å². The number of methoxy groups -OCH3 is 1. The first-order valence-corrected chi connectivity index (χ1v) is 10.6. The van der Waals surface area contributed by atoms with Gasteiger partial charge in [0.2, 0.25) is 0 Å². The number of nitrogens with zero attached hydrogens (tertiary/aromatic N) is 1. The summed E-state index contributed by atoms with van der Waals surface area (Å²) in [6.07, 6.45) is 4.46. The van der Waals surface area contributed by atoms with E-state index < -0.39 is 0 Å². The standard InChI is InChI=1S/C23H23NO4S2/c1-4-5-16-8-11-19(20(14-16)26-3)28-13-12-27-18-9-6-17(7-10-18)15-21-22(25)24(2)23(29)30-21/h4,6-11,14-15H,1,5,12-13H2,2-3H3. The molecule has 0 unspecified atom stereocenters. The van der Waals surface area contributed by atoms with E-state index in [0.717, 1.165) is 23.3 Å². The molecule has 3 rings (SSSR count). The highest BCUT2D eigenvalue weighted by Gasteiger charge is 2.28. The highest BCUT2D eigenvalue weighted by Crippen LogP contribution is 2.31. The van der Waals surface area contributed by atoms with Gasteiger partial charge in [0, 0.05) is 7.05 Å². The maximum absolute atomic E-state index is 12.1. The summed E-state index contributed by atoms with van der Waals surface area (Å²) in [4.78, 5) is 14.2. The van der Waals surface area contributed by atoms with Crippen molar-refractivity contribution < 1.29 is 19.0 Å². The molecule has 1 heterocycles. The van der Waals surface area contributed by atoms with E-state index in [-0.39, 0.29) is 5.91 Å². The number of carbonyl (C=O) groups is 1. The Kier molecular flexibility index (Phi) is 7.54. The van der Waals surface area contributed by atoms with Crippen LogP contribution in [0.5, 0.6) is 17.2 Å². The van der Waals surface area contributed by atoms with E-state index in [1.54, 1.807) is 14.2 Å². The Morgan fingerprint density at radius 3 is 2.47 bits per heavy atom. The van der Waals surface area contributed by atoms with Gasteiger partial charge in [-0.3, -0.25) is 9.69 Å². The number of rotatable bonds is 9. The molecular weight excluding hydrogens is 418 g/mol. The van der Waals surface area contributed by atoms with Crippen molar-refractivity contribution >= 4 is 40.3 Å². The summed E-state index contributed by atoms with van der Waals surface area (Å²) in [5.74, 6) is 2.02. The molecule has 0 spiro atoms. The molecule has 2 aromatic carbocycles. The minimum atomic E-state index is -0.0737. The maximum Gasteiger partial charge on any atom is 0.265 e. The van der Waals surface area contributed by atoms with Crippen LogP contribution in [0.1, 0.15) is 11.1 Å². The zero-order valence-electron chi connectivity index (χ0n) is 16.9. The van der Waals surface area contributed by atoms with Gasteiger partial charge >= 0.3 is 0 Å². The first-order valence-electron chi connectivity index (χ1n) is 9.37. The zero-order valence-corrected chi connectivity index (χ0v) is 18.6. The summed E-state index contributed by atoms with van der Waals surface area (Å²) in [6, 6.07) is 13.4. The van der Waals surface area contributed by atoms with E-state index >= 15 is 0 Å². The summed E-state index contributed by atoms with van der Waals surface area (Å²) >= 11 is 6.45. The average molecular weight is 442 g/mol. The van der Waals surface area contributed by atoms with Gasteiger partial charge in [-0.25, -0.2) is 0 Å². The summed E-state index contributed by atoms with van der Waals surface area (Å²) in [5, 5.41) is 0. The predicted octanol–water partition coefficient (Wildman–Crippen LogP) is 4.71. The molecule has 5 nitrogen and oxygen atoms in total. The average Bonchev–Trinajstić information content (AvgIpc) is 2.99. The monoisotopic (exact) mass is 441 g/mol. The minimum absolute atomic E-state index is 0.0737. The minimum Gasteiger partial charge on any atom is -0.493 e. The third-order valence-electron chi connectivity index (χ3n) is 4.38. The fraction of sp³-hybridized carbons (Fsp3) is 0.217. The van der Waals surface area contributed by atoms with Crippen LogP contribution in [-0.2, 0) is 11.2 Å². The Balaban J connectivity index is 1.51. The summed E-state index contributed by atoms with van der Waals surface area (Å²) in [5.41, 5.74) is 2.03. The van der Waals surface area contributed by atoms with Crippen LogP contribution >= 0.6 is 24.0 Å². The smallest absolute Gasteiger partial charge is 0.265 e. The molecule has 0 aliphatic carbocycles. The molecule has 1 saturated heterocycles. The van der Waals surface area contributed by atoms with Gasteiger partial charge in [0.15, 0.2) is 11.5 Å². The Morgan fingerprint density at radius 2 is 1.83 bits per heavy atom. The van der Waals surface area contributed by atoms with Crippen LogP contribution in [0.15, 0.2) is 60.0 Å². The Hall–Kier alpha value is -2.77. The SMILES string of the molecule is C=CCc1ccc(OCCOc2ccc(C=C3SC(=S)N(C)C3=O)cc2)c(OC)c1. The molecule has 0 atom stereocenters. The number of allylic oxidation sites excluding steroid dienone is 1. The van der Waals surface area contributed by atoms with Gasteiger partial charge in [-0.2, -0.15) is 0 Å². The second-order valence-electron chi connectivity index (χ2n) is 6.48. The van der Waals surface area contributed by atoms with Gasteiger partial charge in [-0.15, -0.1) is 6.58 Å². The Morgan fingerprint density at radius 1 is 1.10 bits per heavy atom. The van der Waals surface area contributed by atoms with Crippen LogP contribution < -0.4 is 14.2 Å². The van der Waals surface area contributed by atoms with Crippen molar-refractivity contribution in [1.82, 2.24) is 4.90 Å². The molecule has 30 heavy (non-hydrogen) atoms. The fourth-order valence-electron chi connectivity index (χ4n) is 2.79. The fourth-order valence-corrected chi connectivity index (χ4v) is 3.97. The lowest BCUT2D eigenvalue weighted by Crippen LogP contribution is -2.22. The van der Waals surface area contributed by atoms with Crippen molar-refractivity contribution in [2.45, 2.75) is 6.42 Å². The zero-order chi connectivity index (χ0) is 21.5. The molecule has 1 fully saturated rings. The van der Waals surface area contributed by atoms with Crippen molar-refractivity contribution in [1.29, 1.82) is 0 Å². The molecule has 1 aliphatic heterocycles. The lowest BCUT2D eigenvalue weighted by Gasteiger charge is -2.12. The summed E-state index contributed by atoms with van der Waals surface area (Å²) in [7, 11) is 3.30. The van der Waals surface area contributed by atoms with E-state index in [0.29, 0.717) is 33.9 Å². The van der Waals surface area contributed by atoms with E-state index in [2.05, 4.69) is 6.58 Å². The highest BCUT2D eigenvalue weighted by atomic mass is 32.2. The Labute approximate surface area is 186 Å². The lowest BCUT2D eigenvalue weighted by atomic mass is 10.1. The van der Waals surface area contributed by atoms with E-state index in [1.807, 2.05) is 54.6 Å². The van der Waals surface area contributed by atoms with Crippen LogP contribution in [0.2, 0.25) is 0 Å². The number of carbonyl (C=O) groups excluding carboxylic acids is 1. The predicted molar refractivity (Wildman–Crippen MR) is 125 cm³/mol. The van der Waals surface area contributed by atoms with Crippen molar-refractivity contribution in [2.75, 3.05) is 27.4 Å². The summed E-state index contributed by atoms with van der Waals surface area (Å²) in [6.45, 7) is 4.53. The number of benzene rings is 2. The van der Waals surface area contributed by atoms with Crippen LogP contribution in [-0.4, -0.2) is 42.5 Å². The van der Waals surface area contributed by atoms with Crippen molar-refractivity contribution in [3.63, 3.8) is 0 Å². The van der Waals surface area contributed by atoms with Crippen LogP contribution in [0, 0.1) is 0 Å². The van der Waals surface area contributed by atoms with Crippen LogP contribution in [0.25, 0.3) is 6.08 Å². The third-order valence-corrected chi connectivity index (χ3v) is 5.87. The van der Waals surface area contributed by atoms with Gasteiger partial charge in [-0.1, -0.05) is 48.3 Å². The molecule has 7 heteroatoms. The van der Waals surface area contributed by atoms with Gasteiger partial charge in [0.05, 0.1) is 12.0 Å². The van der Waals surface area contributed by atoms with Gasteiger partial charge in [0.1, 0.15) is 23.3 Å². The second kappa shape index (κ2) is 10.3. The molecule has 1 amide bonds. The molecular formula is C23H23NO4S2. The van der Waals surface area contributed by atoms with Gasteiger partial charge in [0.25, 0.3) is 5.91 Å². The van der Waals surface area contributed by atoms with Crippen LogP contribution in [0.4, 0.5) is 0 Å².